The Morgan fingerprint density at radius 1 is 1.14 bits per heavy atom. The van der Waals surface area contributed by atoms with Gasteiger partial charge in [-0.2, -0.15) is 11.8 Å². The van der Waals surface area contributed by atoms with Crippen LogP contribution in [0.2, 0.25) is 0 Å². The standard InChI is InChI=1S/C18H21NO2S/c1-18(21,16-6-4-3-5-7-16)13-19-17(20)15-10-8-14(9-11-15)12-22-2/h3-11,21H,12-13H2,1-2H3,(H,19,20). The summed E-state index contributed by atoms with van der Waals surface area (Å²) in [6.07, 6.45) is 2.05. The molecule has 116 valence electrons. The van der Waals surface area contributed by atoms with Crippen LogP contribution in [0.3, 0.4) is 0 Å². The van der Waals surface area contributed by atoms with Gasteiger partial charge in [-0.15, -0.1) is 0 Å². The van der Waals surface area contributed by atoms with E-state index in [1.54, 1.807) is 18.7 Å². The zero-order valence-corrected chi connectivity index (χ0v) is 13.7. The van der Waals surface area contributed by atoms with Crippen LogP contribution in [0.1, 0.15) is 28.4 Å². The Labute approximate surface area is 135 Å². The van der Waals surface area contributed by atoms with E-state index in [-0.39, 0.29) is 12.5 Å². The molecule has 0 fully saturated rings. The second kappa shape index (κ2) is 7.47. The average molecular weight is 315 g/mol. The Hall–Kier alpha value is -1.78. The topological polar surface area (TPSA) is 49.3 Å². The van der Waals surface area contributed by atoms with Crippen molar-refractivity contribution in [2.45, 2.75) is 18.3 Å². The van der Waals surface area contributed by atoms with E-state index in [1.165, 1.54) is 5.56 Å². The fourth-order valence-electron chi connectivity index (χ4n) is 2.17. The van der Waals surface area contributed by atoms with Gasteiger partial charge < -0.3 is 10.4 Å². The molecule has 0 heterocycles. The van der Waals surface area contributed by atoms with Crippen molar-refractivity contribution in [2.24, 2.45) is 0 Å². The molecule has 2 aromatic carbocycles. The van der Waals surface area contributed by atoms with Gasteiger partial charge in [0.2, 0.25) is 0 Å². The number of carbonyl (C=O) groups is 1. The summed E-state index contributed by atoms with van der Waals surface area (Å²) in [6, 6.07) is 16.9. The van der Waals surface area contributed by atoms with E-state index in [9.17, 15) is 9.90 Å². The Morgan fingerprint density at radius 2 is 1.77 bits per heavy atom. The van der Waals surface area contributed by atoms with E-state index in [1.807, 2.05) is 60.9 Å². The third-order valence-electron chi connectivity index (χ3n) is 3.52. The van der Waals surface area contributed by atoms with Crippen LogP contribution in [-0.2, 0) is 11.4 Å². The lowest BCUT2D eigenvalue weighted by molar-refractivity contribution is 0.0526. The van der Waals surface area contributed by atoms with Crippen LogP contribution in [-0.4, -0.2) is 23.8 Å². The summed E-state index contributed by atoms with van der Waals surface area (Å²) in [5.74, 6) is 0.761. The SMILES string of the molecule is CSCc1ccc(C(=O)NCC(C)(O)c2ccccc2)cc1. The molecule has 2 rings (SSSR count). The van der Waals surface area contributed by atoms with E-state index in [0.29, 0.717) is 5.56 Å². The normalized spacial score (nSPS) is 13.4. The lowest BCUT2D eigenvalue weighted by Gasteiger charge is -2.24. The predicted molar refractivity (Wildman–Crippen MR) is 92.0 cm³/mol. The van der Waals surface area contributed by atoms with Crippen molar-refractivity contribution in [2.75, 3.05) is 12.8 Å². The van der Waals surface area contributed by atoms with Crippen molar-refractivity contribution >= 4 is 17.7 Å². The van der Waals surface area contributed by atoms with E-state index >= 15 is 0 Å². The number of rotatable bonds is 6. The first-order chi connectivity index (χ1) is 10.5. The highest BCUT2D eigenvalue weighted by atomic mass is 32.2. The molecule has 1 unspecified atom stereocenters. The first kappa shape index (κ1) is 16.6. The van der Waals surface area contributed by atoms with Crippen molar-refractivity contribution in [1.82, 2.24) is 5.32 Å². The highest BCUT2D eigenvalue weighted by Gasteiger charge is 2.23. The molecule has 22 heavy (non-hydrogen) atoms. The fourth-order valence-corrected chi connectivity index (χ4v) is 2.70. The molecule has 0 aliphatic rings. The molecule has 0 aliphatic heterocycles. The smallest absolute Gasteiger partial charge is 0.251 e. The molecule has 2 N–H and O–H groups in total. The summed E-state index contributed by atoms with van der Waals surface area (Å²) in [5, 5.41) is 13.3. The molecule has 0 radical (unpaired) electrons. The summed E-state index contributed by atoms with van der Waals surface area (Å²) in [5.41, 5.74) is 1.50. The number of benzene rings is 2. The number of hydrogen-bond donors (Lipinski definition) is 2. The van der Waals surface area contributed by atoms with Gasteiger partial charge in [0.05, 0.1) is 6.54 Å². The first-order valence-corrected chi connectivity index (χ1v) is 8.56. The van der Waals surface area contributed by atoms with Crippen molar-refractivity contribution in [3.8, 4) is 0 Å². The number of nitrogens with one attached hydrogen (secondary N) is 1. The molecule has 0 spiro atoms. The van der Waals surface area contributed by atoms with E-state index < -0.39 is 5.60 Å². The highest BCUT2D eigenvalue weighted by molar-refractivity contribution is 7.97. The molecule has 1 amide bonds. The number of hydrogen-bond acceptors (Lipinski definition) is 3. The molecule has 0 aromatic heterocycles. The number of amides is 1. The van der Waals surface area contributed by atoms with Gasteiger partial charge in [-0.3, -0.25) is 4.79 Å². The monoisotopic (exact) mass is 315 g/mol. The second-order valence-corrected chi connectivity index (χ2v) is 6.32. The van der Waals surface area contributed by atoms with Gasteiger partial charge in [-0.25, -0.2) is 0 Å². The summed E-state index contributed by atoms with van der Waals surface area (Å²) in [4.78, 5) is 12.2. The van der Waals surface area contributed by atoms with Crippen molar-refractivity contribution in [1.29, 1.82) is 0 Å². The number of thioether (sulfide) groups is 1. The second-order valence-electron chi connectivity index (χ2n) is 5.45. The maximum absolute atomic E-state index is 12.2. The van der Waals surface area contributed by atoms with Crippen LogP contribution in [0.4, 0.5) is 0 Å². The molecule has 2 aromatic rings. The Kier molecular flexibility index (Phi) is 5.63. The van der Waals surface area contributed by atoms with Crippen molar-refractivity contribution in [3.05, 3.63) is 71.3 Å². The van der Waals surface area contributed by atoms with E-state index in [0.717, 1.165) is 11.3 Å². The van der Waals surface area contributed by atoms with Gasteiger partial charge in [0.1, 0.15) is 5.60 Å². The number of carbonyl (C=O) groups excluding carboxylic acids is 1. The molecular formula is C18H21NO2S. The minimum atomic E-state index is -1.09. The highest BCUT2D eigenvalue weighted by Crippen LogP contribution is 2.19. The minimum Gasteiger partial charge on any atom is -0.384 e. The largest absolute Gasteiger partial charge is 0.384 e. The quantitative estimate of drug-likeness (QED) is 0.861. The van der Waals surface area contributed by atoms with E-state index in [4.69, 9.17) is 0 Å². The molecule has 0 saturated heterocycles. The first-order valence-electron chi connectivity index (χ1n) is 7.17. The van der Waals surface area contributed by atoms with Gasteiger partial charge in [0.25, 0.3) is 5.91 Å². The Morgan fingerprint density at radius 3 is 2.36 bits per heavy atom. The van der Waals surface area contributed by atoms with Crippen molar-refractivity contribution in [3.63, 3.8) is 0 Å². The summed E-state index contributed by atoms with van der Waals surface area (Å²) in [6.45, 7) is 1.87. The molecule has 3 nitrogen and oxygen atoms in total. The zero-order chi connectivity index (χ0) is 16.0. The maximum Gasteiger partial charge on any atom is 0.251 e. The average Bonchev–Trinajstić information content (AvgIpc) is 2.54. The van der Waals surface area contributed by atoms with Crippen LogP contribution < -0.4 is 5.32 Å². The molecule has 1 atom stereocenters. The Balaban J connectivity index is 1.97. The zero-order valence-electron chi connectivity index (χ0n) is 12.9. The molecule has 0 bridgehead atoms. The van der Waals surface area contributed by atoms with Crippen molar-refractivity contribution < 1.29 is 9.90 Å². The molecular weight excluding hydrogens is 294 g/mol. The molecule has 0 saturated carbocycles. The van der Waals surface area contributed by atoms with Crippen LogP contribution in [0.5, 0.6) is 0 Å². The molecule has 0 aliphatic carbocycles. The fraction of sp³-hybridized carbons (Fsp3) is 0.278. The third kappa shape index (κ3) is 4.36. The van der Waals surface area contributed by atoms with Crippen LogP contribution in [0.15, 0.2) is 54.6 Å². The van der Waals surface area contributed by atoms with Gasteiger partial charge in [0, 0.05) is 11.3 Å². The van der Waals surface area contributed by atoms with E-state index in [2.05, 4.69) is 5.32 Å². The summed E-state index contributed by atoms with van der Waals surface area (Å²) >= 11 is 1.75. The minimum absolute atomic E-state index is 0.169. The van der Waals surface area contributed by atoms with Gasteiger partial charge in [-0.1, -0.05) is 42.5 Å². The van der Waals surface area contributed by atoms with Crippen LogP contribution >= 0.6 is 11.8 Å². The van der Waals surface area contributed by atoms with Crippen LogP contribution in [0.25, 0.3) is 0 Å². The summed E-state index contributed by atoms with van der Waals surface area (Å²) < 4.78 is 0. The van der Waals surface area contributed by atoms with Crippen LogP contribution in [0, 0.1) is 0 Å². The van der Waals surface area contributed by atoms with Gasteiger partial charge in [0.15, 0.2) is 0 Å². The molecule has 4 heteroatoms. The predicted octanol–water partition coefficient (Wildman–Crippen LogP) is 3.19. The van der Waals surface area contributed by atoms with Gasteiger partial charge in [-0.05, 0) is 36.4 Å². The summed E-state index contributed by atoms with van der Waals surface area (Å²) in [7, 11) is 0. The maximum atomic E-state index is 12.2. The third-order valence-corrected chi connectivity index (χ3v) is 4.14. The number of aliphatic hydroxyl groups is 1. The Bertz CT molecular complexity index is 609. The van der Waals surface area contributed by atoms with Gasteiger partial charge >= 0.3 is 0 Å². The lowest BCUT2D eigenvalue weighted by Crippen LogP contribution is -2.38. The lowest BCUT2D eigenvalue weighted by atomic mass is 9.96.